The smallest absolute Gasteiger partial charge is 0.187 e. The van der Waals surface area contributed by atoms with E-state index in [0.29, 0.717) is 13.2 Å². The molecule has 2 N–H and O–H groups in total. The van der Waals surface area contributed by atoms with Crippen molar-refractivity contribution in [3.05, 3.63) is 23.5 Å². The number of nitrogen functional groups attached to an aromatic ring is 1. The van der Waals surface area contributed by atoms with Gasteiger partial charge in [0.2, 0.25) is 0 Å². The molecule has 0 saturated carbocycles. The Kier molecular flexibility index (Phi) is 2.22. The summed E-state index contributed by atoms with van der Waals surface area (Å²) >= 11 is 0. The number of morpholine rings is 1. The minimum Gasteiger partial charge on any atom is -0.396 e. The Hall–Kier alpha value is -1.43. The minimum absolute atomic E-state index is 0.0144. The zero-order valence-electron chi connectivity index (χ0n) is 8.92. The first-order valence-corrected chi connectivity index (χ1v) is 5.39. The molecule has 2 bridgehead atoms. The lowest BCUT2D eigenvalue weighted by atomic mass is 10.2. The van der Waals surface area contributed by atoms with Crippen LogP contribution >= 0.6 is 0 Å². The number of hydrogen-bond donors (Lipinski definition) is 1. The second kappa shape index (κ2) is 3.53. The van der Waals surface area contributed by atoms with E-state index in [1.54, 1.807) is 0 Å². The van der Waals surface area contributed by atoms with E-state index in [4.69, 9.17) is 10.5 Å². The first kappa shape index (κ1) is 10.7. The number of rotatable bonds is 1. The maximum absolute atomic E-state index is 13.7. The molecule has 17 heavy (non-hydrogen) atoms. The van der Waals surface area contributed by atoms with E-state index in [1.807, 2.05) is 0 Å². The van der Waals surface area contributed by atoms with Crippen LogP contribution in [0.15, 0.2) is 6.07 Å². The average Bonchev–Trinajstić information content (AvgIpc) is 2.88. The van der Waals surface area contributed by atoms with Crippen LogP contribution in [0.1, 0.15) is 6.42 Å². The highest BCUT2D eigenvalue weighted by Gasteiger charge is 2.41. The summed E-state index contributed by atoms with van der Waals surface area (Å²) in [5.41, 5.74) is 4.33. The first-order valence-electron chi connectivity index (χ1n) is 5.39. The van der Waals surface area contributed by atoms with Crippen LogP contribution in [-0.2, 0) is 4.74 Å². The molecule has 0 spiro atoms. The average molecular weight is 244 g/mol. The second-order valence-electron chi connectivity index (χ2n) is 4.42. The first-order chi connectivity index (χ1) is 8.08. The molecule has 2 aliphatic rings. The van der Waals surface area contributed by atoms with Gasteiger partial charge in [-0.05, 0) is 6.42 Å². The molecule has 0 aliphatic carbocycles. The molecule has 6 heteroatoms. The number of nitrogens with two attached hydrogens (primary N) is 1. The molecule has 2 heterocycles. The molecular formula is C11H11F3N2O. The van der Waals surface area contributed by atoms with Crippen molar-refractivity contribution < 1.29 is 17.9 Å². The Morgan fingerprint density at radius 2 is 2.06 bits per heavy atom. The van der Waals surface area contributed by atoms with E-state index in [2.05, 4.69) is 0 Å². The van der Waals surface area contributed by atoms with Gasteiger partial charge in [-0.25, -0.2) is 13.2 Å². The van der Waals surface area contributed by atoms with Crippen molar-refractivity contribution in [1.29, 1.82) is 0 Å². The predicted octanol–water partition coefficient (Wildman–Crippen LogP) is 1.66. The van der Waals surface area contributed by atoms with E-state index in [1.165, 1.54) is 4.90 Å². The Labute approximate surface area is 96.0 Å². The maximum Gasteiger partial charge on any atom is 0.187 e. The number of anilines is 2. The fourth-order valence-corrected chi connectivity index (χ4v) is 2.54. The minimum atomic E-state index is -1.21. The molecule has 2 aliphatic heterocycles. The van der Waals surface area contributed by atoms with Gasteiger partial charge in [-0.1, -0.05) is 0 Å². The third kappa shape index (κ3) is 1.47. The zero-order valence-corrected chi connectivity index (χ0v) is 8.92. The van der Waals surface area contributed by atoms with Crippen molar-refractivity contribution >= 4 is 11.4 Å². The highest BCUT2D eigenvalue weighted by molar-refractivity contribution is 5.58. The third-order valence-electron chi connectivity index (χ3n) is 3.35. The van der Waals surface area contributed by atoms with Gasteiger partial charge in [0.1, 0.15) is 5.69 Å². The highest BCUT2D eigenvalue weighted by Crippen LogP contribution is 2.37. The maximum atomic E-state index is 13.7. The van der Waals surface area contributed by atoms with Gasteiger partial charge >= 0.3 is 0 Å². The molecule has 2 saturated heterocycles. The lowest BCUT2D eigenvalue weighted by Crippen LogP contribution is -2.38. The molecule has 2 atom stereocenters. The van der Waals surface area contributed by atoms with Crippen molar-refractivity contribution in [2.75, 3.05) is 23.8 Å². The molecule has 0 radical (unpaired) electrons. The summed E-state index contributed by atoms with van der Waals surface area (Å²) in [5, 5.41) is 0. The van der Waals surface area contributed by atoms with Crippen molar-refractivity contribution in [2.45, 2.75) is 18.6 Å². The predicted molar refractivity (Wildman–Crippen MR) is 56.2 cm³/mol. The number of ether oxygens (including phenoxy) is 1. The van der Waals surface area contributed by atoms with Gasteiger partial charge in [-0.15, -0.1) is 0 Å². The standard InChI is InChI=1S/C11H11F3N2O/c12-7-2-8(15)9(13)10(14)11(7)16-3-6-1-5(16)4-17-6/h2,5-6H,1,3-4,15H2/t5-,6-/m0/s1. The molecule has 0 unspecified atom stereocenters. The van der Waals surface area contributed by atoms with E-state index in [9.17, 15) is 13.2 Å². The number of fused-ring (bicyclic) bond motifs is 2. The molecule has 0 aromatic heterocycles. The van der Waals surface area contributed by atoms with Gasteiger partial charge in [0.25, 0.3) is 0 Å². The van der Waals surface area contributed by atoms with Gasteiger partial charge in [0, 0.05) is 12.6 Å². The fraction of sp³-hybridized carbons (Fsp3) is 0.455. The van der Waals surface area contributed by atoms with Crippen LogP contribution in [-0.4, -0.2) is 25.3 Å². The van der Waals surface area contributed by atoms with Gasteiger partial charge in [-0.2, -0.15) is 0 Å². The lowest BCUT2D eigenvalue weighted by molar-refractivity contribution is 0.0986. The largest absolute Gasteiger partial charge is 0.396 e. The van der Waals surface area contributed by atoms with Crippen LogP contribution in [0.5, 0.6) is 0 Å². The Balaban J connectivity index is 2.06. The zero-order chi connectivity index (χ0) is 12.2. The molecule has 0 amide bonds. The summed E-state index contributed by atoms with van der Waals surface area (Å²) in [5.74, 6) is -3.23. The van der Waals surface area contributed by atoms with E-state index < -0.39 is 23.1 Å². The molecule has 92 valence electrons. The van der Waals surface area contributed by atoms with Crippen molar-refractivity contribution in [3.63, 3.8) is 0 Å². The van der Waals surface area contributed by atoms with E-state index in [0.717, 1.165) is 12.5 Å². The molecule has 2 fully saturated rings. The monoisotopic (exact) mass is 244 g/mol. The normalized spacial score (nSPS) is 26.9. The summed E-state index contributed by atoms with van der Waals surface area (Å²) in [6, 6.07) is 0.743. The van der Waals surface area contributed by atoms with E-state index >= 15 is 0 Å². The Morgan fingerprint density at radius 3 is 2.65 bits per heavy atom. The molecular weight excluding hydrogens is 233 g/mol. The lowest BCUT2D eigenvalue weighted by Gasteiger charge is -2.29. The van der Waals surface area contributed by atoms with Crippen molar-refractivity contribution in [2.24, 2.45) is 0 Å². The SMILES string of the molecule is Nc1cc(F)c(N2C[C@@H]3C[C@H]2CO3)c(F)c1F. The summed E-state index contributed by atoms with van der Waals surface area (Å²) in [6.45, 7) is 0.817. The van der Waals surface area contributed by atoms with Gasteiger partial charge in [-0.3, -0.25) is 0 Å². The van der Waals surface area contributed by atoms with Crippen LogP contribution in [0, 0.1) is 17.5 Å². The highest BCUT2D eigenvalue weighted by atomic mass is 19.2. The second-order valence-corrected chi connectivity index (χ2v) is 4.42. The van der Waals surface area contributed by atoms with Crippen LogP contribution in [0.3, 0.4) is 0 Å². The summed E-state index contributed by atoms with van der Waals surface area (Å²) in [7, 11) is 0. The van der Waals surface area contributed by atoms with Crippen LogP contribution in [0.25, 0.3) is 0 Å². The molecule has 3 nitrogen and oxygen atoms in total. The van der Waals surface area contributed by atoms with Crippen LogP contribution < -0.4 is 10.6 Å². The fourth-order valence-electron chi connectivity index (χ4n) is 2.54. The summed E-state index contributed by atoms with van der Waals surface area (Å²) in [4.78, 5) is 1.53. The molecule has 3 rings (SSSR count). The summed E-state index contributed by atoms with van der Waals surface area (Å²) < 4.78 is 46.1. The number of halogens is 3. The van der Waals surface area contributed by atoms with Gasteiger partial charge in [0.15, 0.2) is 17.5 Å². The van der Waals surface area contributed by atoms with Crippen LogP contribution in [0.2, 0.25) is 0 Å². The third-order valence-corrected chi connectivity index (χ3v) is 3.35. The quantitative estimate of drug-likeness (QED) is 0.603. The van der Waals surface area contributed by atoms with Crippen LogP contribution in [0.4, 0.5) is 24.5 Å². The number of hydrogen-bond acceptors (Lipinski definition) is 3. The Bertz CT molecular complexity index is 480. The van der Waals surface area contributed by atoms with Gasteiger partial charge in [0.05, 0.1) is 24.4 Å². The Morgan fingerprint density at radius 1 is 1.29 bits per heavy atom. The topological polar surface area (TPSA) is 38.5 Å². The van der Waals surface area contributed by atoms with E-state index in [-0.39, 0.29) is 17.8 Å². The molecule has 1 aromatic rings. The van der Waals surface area contributed by atoms with Crippen molar-refractivity contribution in [1.82, 2.24) is 0 Å². The number of nitrogens with zero attached hydrogens (tertiary/aromatic N) is 1. The van der Waals surface area contributed by atoms with Crippen molar-refractivity contribution in [3.8, 4) is 0 Å². The summed E-state index contributed by atoms with van der Waals surface area (Å²) in [6.07, 6.45) is 0.713. The number of benzene rings is 1. The molecule has 1 aromatic carbocycles. The van der Waals surface area contributed by atoms with Gasteiger partial charge < -0.3 is 15.4 Å².